The maximum atomic E-state index is 12.9. The van der Waals surface area contributed by atoms with Gasteiger partial charge in [-0.2, -0.15) is 9.97 Å². The van der Waals surface area contributed by atoms with Crippen LogP contribution in [0.1, 0.15) is 39.2 Å². The normalized spacial score (nSPS) is 21.8. The first-order chi connectivity index (χ1) is 18.1. The van der Waals surface area contributed by atoms with Crippen LogP contribution in [0.2, 0.25) is 0 Å². The smallest absolute Gasteiger partial charge is 0.410 e. The van der Waals surface area contributed by atoms with E-state index in [9.17, 15) is 4.79 Å². The van der Waals surface area contributed by atoms with Gasteiger partial charge in [0, 0.05) is 42.1 Å². The number of benzene rings is 1. The summed E-state index contributed by atoms with van der Waals surface area (Å²) in [4.78, 5) is 32.4. The summed E-state index contributed by atoms with van der Waals surface area (Å²) >= 11 is 3.70. The van der Waals surface area contributed by atoms with Gasteiger partial charge in [0.25, 0.3) is 0 Å². The summed E-state index contributed by atoms with van der Waals surface area (Å²) in [6.07, 6.45) is 2.67. The van der Waals surface area contributed by atoms with Gasteiger partial charge < -0.3 is 28.9 Å². The third-order valence-electron chi connectivity index (χ3n) is 7.34. The summed E-state index contributed by atoms with van der Waals surface area (Å²) in [6.45, 7) is 16.8. The second-order valence-corrected chi connectivity index (χ2v) is 12.0. The SMILES string of the molecule is [C-]#[N+]C[C@H]1CN(c2nc(OC[C@@H]3CCCN3C)nc3cc(Br)c4c(c23)OCC4)CCN1C(=O)OC(C)(C)C. The summed E-state index contributed by atoms with van der Waals surface area (Å²) in [5, 5.41) is 0.846. The molecule has 0 unspecified atom stereocenters. The number of rotatable bonds is 5. The van der Waals surface area contributed by atoms with Gasteiger partial charge in [-0.3, -0.25) is 4.90 Å². The summed E-state index contributed by atoms with van der Waals surface area (Å²) < 4.78 is 18.9. The molecule has 1 aromatic heterocycles. The molecule has 0 bridgehead atoms. The molecule has 2 saturated heterocycles. The van der Waals surface area contributed by atoms with Gasteiger partial charge in [0.15, 0.2) is 0 Å². The van der Waals surface area contributed by atoms with Crippen LogP contribution >= 0.6 is 15.9 Å². The molecule has 2 fully saturated rings. The number of aromatic nitrogens is 2. The molecule has 0 spiro atoms. The first kappa shape index (κ1) is 26.8. The van der Waals surface area contributed by atoms with Crippen molar-refractivity contribution in [2.75, 3.05) is 57.9 Å². The van der Waals surface area contributed by atoms with Crippen molar-refractivity contribution < 1.29 is 19.0 Å². The highest BCUT2D eigenvalue weighted by Gasteiger charge is 2.37. The summed E-state index contributed by atoms with van der Waals surface area (Å²) in [6, 6.07) is 2.35. The molecular formula is C27H35BrN6O4. The van der Waals surface area contributed by atoms with E-state index in [1.54, 1.807) is 4.90 Å². The van der Waals surface area contributed by atoms with Crippen LogP contribution in [0.25, 0.3) is 15.7 Å². The van der Waals surface area contributed by atoms with Crippen LogP contribution in [0.3, 0.4) is 0 Å². The Hall–Kier alpha value is -2.84. The molecule has 38 heavy (non-hydrogen) atoms. The molecule has 3 aliphatic heterocycles. The highest BCUT2D eigenvalue weighted by atomic mass is 79.9. The van der Waals surface area contributed by atoms with Crippen LogP contribution in [-0.2, 0) is 11.2 Å². The fraction of sp³-hybridized carbons (Fsp3) is 0.630. The van der Waals surface area contributed by atoms with Gasteiger partial charge in [-0.05, 0) is 53.3 Å². The monoisotopic (exact) mass is 586 g/mol. The predicted octanol–water partition coefficient (Wildman–Crippen LogP) is 4.15. The minimum atomic E-state index is -0.607. The number of likely N-dealkylation sites (tertiary alicyclic amines) is 1. The zero-order valence-electron chi connectivity index (χ0n) is 22.5. The Morgan fingerprint density at radius 1 is 1.26 bits per heavy atom. The second-order valence-electron chi connectivity index (χ2n) is 11.2. The molecule has 0 radical (unpaired) electrons. The van der Waals surface area contributed by atoms with Crippen molar-refractivity contribution in [1.82, 2.24) is 19.8 Å². The van der Waals surface area contributed by atoms with Crippen LogP contribution in [0, 0.1) is 6.57 Å². The van der Waals surface area contributed by atoms with E-state index >= 15 is 0 Å². The lowest BCUT2D eigenvalue weighted by atomic mass is 10.1. The number of carbonyl (C=O) groups excluding carboxylic acids is 1. The summed E-state index contributed by atoms with van der Waals surface area (Å²) in [5.74, 6) is 1.51. The standard InChI is InChI=1S/C27H35BrN6O4/c1-27(2,3)38-26(35)34-11-10-33(15-18(34)14-29-4)24-22-21(13-20(28)19-8-12-36-23(19)22)30-25(31-24)37-16-17-7-6-9-32(17)5/h13,17-18H,6-12,14-16H2,1-3,5H3/t17-,18-/m0/s1. The van der Waals surface area contributed by atoms with Crippen molar-refractivity contribution in [3.05, 3.63) is 27.5 Å². The number of anilines is 1. The molecule has 2 atom stereocenters. The Balaban J connectivity index is 1.49. The van der Waals surface area contributed by atoms with Gasteiger partial charge >= 0.3 is 12.1 Å². The quantitative estimate of drug-likeness (QED) is 0.483. The Morgan fingerprint density at radius 2 is 2.08 bits per heavy atom. The van der Waals surface area contributed by atoms with Gasteiger partial charge in [-0.1, -0.05) is 15.9 Å². The largest absolute Gasteiger partial charge is 0.492 e. The fourth-order valence-corrected chi connectivity index (χ4v) is 6.00. The Labute approximate surface area is 232 Å². The van der Waals surface area contributed by atoms with Crippen molar-refractivity contribution >= 4 is 38.7 Å². The zero-order chi connectivity index (χ0) is 27.0. The van der Waals surface area contributed by atoms with Crippen LogP contribution in [-0.4, -0.2) is 96.5 Å². The zero-order valence-corrected chi connectivity index (χ0v) is 24.1. The minimum Gasteiger partial charge on any atom is -0.492 e. The van der Waals surface area contributed by atoms with Gasteiger partial charge in [0.05, 0.1) is 17.5 Å². The van der Waals surface area contributed by atoms with E-state index < -0.39 is 11.7 Å². The third kappa shape index (κ3) is 5.47. The summed E-state index contributed by atoms with van der Waals surface area (Å²) in [7, 11) is 2.12. The number of fused-ring (bicyclic) bond motifs is 3. The Kier molecular flexibility index (Phi) is 7.56. The third-order valence-corrected chi connectivity index (χ3v) is 8.04. The van der Waals surface area contributed by atoms with Crippen molar-refractivity contribution in [3.8, 4) is 11.8 Å². The number of hydrogen-bond donors (Lipinski definition) is 0. The lowest BCUT2D eigenvalue weighted by Crippen LogP contribution is -2.57. The topological polar surface area (TPSA) is 84.6 Å². The Morgan fingerprint density at radius 3 is 2.79 bits per heavy atom. The van der Waals surface area contributed by atoms with E-state index in [0.29, 0.717) is 50.7 Å². The van der Waals surface area contributed by atoms with Gasteiger partial charge in [-0.15, -0.1) is 0 Å². The minimum absolute atomic E-state index is 0.177. The fourth-order valence-electron chi connectivity index (χ4n) is 5.41. The number of likely N-dealkylation sites (N-methyl/N-ethyl adjacent to an activating group) is 1. The first-order valence-electron chi connectivity index (χ1n) is 13.2. The van der Waals surface area contributed by atoms with Crippen LogP contribution in [0.5, 0.6) is 11.8 Å². The van der Waals surface area contributed by atoms with Crippen LogP contribution in [0.4, 0.5) is 10.6 Å². The molecule has 204 valence electrons. The highest BCUT2D eigenvalue weighted by molar-refractivity contribution is 9.10. The highest BCUT2D eigenvalue weighted by Crippen LogP contribution is 2.43. The molecule has 11 heteroatoms. The lowest BCUT2D eigenvalue weighted by molar-refractivity contribution is 0.0155. The number of amides is 1. The number of nitrogens with zero attached hydrogens (tertiary/aromatic N) is 6. The number of ether oxygens (including phenoxy) is 3. The van der Waals surface area contributed by atoms with Gasteiger partial charge in [0.2, 0.25) is 6.54 Å². The maximum absolute atomic E-state index is 12.9. The molecule has 0 saturated carbocycles. The van der Waals surface area contributed by atoms with Gasteiger partial charge in [0.1, 0.15) is 29.8 Å². The lowest BCUT2D eigenvalue weighted by Gasteiger charge is -2.40. The maximum Gasteiger partial charge on any atom is 0.410 e. The van der Waals surface area contributed by atoms with Gasteiger partial charge in [-0.25, -0.2) is 11.4 Å². The van der Waals surface area contributed by atoms with Crippen LogP contribution in [0.15, 0.2) is 10.5 Å². The van der Waals surface area contributed by atoms with E-state index in [-0.39, 0.29) is 12.6 Å². The molecular weight excluding hydrogens is 552 g/mol. The van der Waals surface area contributed by atoms with Crippen molar-refractivity contribution in [3.63, 3.8) is 0 Å². The first-order valence-corrected chi connectivity index (χ1v) is 14.0. The van der Waals surface area contributed by atoms with E-state index in [1.807, 2.05) is 26.8 Å². The predicted molar refractivity (Wildman–Crippen MR) is 148 cm³/mol. The molecule has 4 heterocycles. The van der Waals surface area contributed by atoms with Crippen molar-refractivity contribution in [2.24, 2.45) is 0 Å². The van der Waals surface area contributed by atoms with Crippen LogP contribution < -0.4 is 14.4 Å². The average molecular weight is 588 g/mol. The molecule has 10 nitrogen and oxygen atoms in total. The van der Waals surface area contributed by atoms with E-state index in [4.69, 9.17) is 30.8 Å². The molecule has 0 N–H and O–H groups in total. The van der Waals surface area contributed by atoms with E-state index in [2.05, 4.69) is 37.6 Å². The number of halogens is 1. The molecule has 1 amide bonds. The molecule has 1 aromatic carbocycles. The number of piperazine rings is 1. The molecule has 5 rings (SSSR count). The number of hydrogen-bond acceptors (Lipinski definition) is 8. The second kappa shape index (κ2) is 10.7. The van der Waals surface area contributed by atoms with E-state index in [1.165, 1.54) is 0 Å². The average Bonchev–Trinajstić information content (AvgIpc) is 3.51. The molecule has 0 aliphatic carbocycles. The molecule has 2 aromatic rings. The van der Waals surface area contributed by atoms with E-state index in [0.717, 1.165) is 52.5 Å². The summed E-state index contributed by atoms with van der Waals surface area (Å²) in [5.41, 5.74) is 1.24. The number of carbonyl (C=O) groups is 1. The van der Waals surface area contributed by atoms with Crippen molar-refractivity contribution in [1.29, 1.82) is 0 Å². The Bertz CT molecular complexity index is 1260. The molecule has 3 aliphatic rings. The van der Waals surface area contributed by atoms with Crippen molar-refractivity contribution in [2.45, 2.75) is 57.7 Å².